The number of nitrogens with zero attached hydrogens (tertiary/aromatic N) is 1. The molecule has 1 N–H and O–H groups in total. The molecule has 1 aliphatic heterocycles. The number of piperazine rings is 1. The summed E-state index contributed by atoms with van der Waals surface area (Å²) >= 11 is 0. The highest BCUT2D eigenvalue weighted by Gasteiger charge is 2.23. The first kappa shape index (κ1) is 18.3. The van der Waals surface area contributed by atoms with Gasteiger partial charge < -0.3 is 15.0 Å². The van der Waals surface area contributed by atoms with Crippen LogP contribution < -0.4 is 10.1 Å². The normalized spacial score (nSPS) is 15.3. The predicted octanol–water partition coefficient (Wildman–Crippen LogP) is 2.97. The minimum atomic E-state index is -0.462. The predicted molar refractivity (Wildman–Crippen MR) is 98.7 cm³/mol. The van der Waals surface area contributed by atoms with Crippen molar-refractivity contribution in [1.29, 1.82) is 0 Å². The molecular formula is C19H23ClN2O2. The lowest BCUT2D eigenvalue weighted by molar-refractivity contribution is -0.138. The Bertz CT molecular complexity index is 640. The summed E-state index contributed by atoms with van der Waals surface area (Å²) in [6.07, 6.45) is -0.462. The lowest BCUT2D eigenvalue weighted by atomic mass is 10.1. The molecule has 3 rings (SSSR count). The quantitative estimate of drug-likeness (QED) is 0.925. The molecule has 0 bridgehead atoms. The van der Waals surface area contributed by atoms with Crippen molar-refractivity contribution in [3.8, 4) is 16.9 Å². The average molecular weight is 347 g/mol. The van der Waals surface area contributed by atoms with E-state index in [4.69, 9.17) is 4.74 Å². The van der Waals surface area contributed by atoms with Crippen LogP contribution in [-0.4, -0.2) is 43.1 Å². The molecule has 1 fully saturated rings. The number of carbonyl (C=O) groups is 1. The Morgan fingerprint density at radius 3 is 2.21 bits per heavy atom. The van der Waals surface area contributed by atoms with Crippen LogP contribution in [0.3, 0.4) is 0 Å². The first-order chi connectivity index (χ1) is 11.2. The fraction of sp³-hybridized carbons (Fsp3) is 0.316. The van der Waals surface area contributed by atoms with Crippen molar-refractivity contribution in [2.75, 3.05) is 26.2 Å². The van der Waals surface area contributed by atoms with Gasteiger partial charge in [-0.1, -0.05) is 42.5 Å². The molecule has 1 saturated heterocycles. The van der Waals surface area contributed by atoms with Crippen LogP contribution in [0.5, 0.6) is 5.75 Å². The molecule has 1 unspecified atom stereocenters. The molecule has 1 amide bonds. The Morgan fingerprint density at radius 1 is 1.00 bits per heavy atom. The Balaban J connectivity index is 0.00000208. The number of benzene rings is 2. The number of rotatable bonds is 4. The molecule has 0 spiro atoms. The van der Waals surface area contributed by atoms with Gasteiger partial charge in [-0.25, -0.2) is 0 Å². The molecule has 0 saturated carbocycles. The maximum atomic E-state index is 12.4. The van der Waals surface area contributed by atoms with Crippen molar-refractivity contribution in [2.24, 2.45) is 0 Å². The Labute approximate surface area is 149 Å². The van der Waals surface area contributed by atoms with Gasteiger partial charge in [0.05, 0.1) is 0 Å². The van der Waals surface area contributed by atoms with Crippen molar-refractivity contribution in [3.05, 3.63) is 54.6 Å². The molecule has 2 aromatic carbocycles. The zero-order chi connectivity index (χ0) is 16.1. The summed E-state index contributed by atoms with van der Waals surface area (Å²) in [5.74, 6) is 0.777. The molecule has 128 valence electrons. The summed E-state index contributed by atoms with van der Waals surface area (Å²) in [5.41, 5.74) is 2.31. The standard InChI is InChI=1S/C19H22N2O2.ClH/c1-15(19(22)21-13-11-20-12-14-21)23-18-9-7-17(8-10-18)16-5-3-2-4-6-16;/h2-10,15,20H,11-14H2,1H3;1H. The molecule has 1 aliphatic rings. The number of nitrogens with one attached hydrogen (secondary N) is 1. The number of amides is 1. The van der Waals surface area contributed by atoms with Gasteiger partial charge in [0.2, 0.25) is 0 Å². The lowest BCUT2D eigenvalue weighted by Crippen LogP contribution is -2.50. The zero-order valence-electron chi connectivity index (χ0n) is 13.8. The second-order valence-electron chi connectivity index (χ2n) is 5.73. The van der Waals surface area contributed by atoms with Crippen molar-refractivity contribution < 1.29 is 9.53 Å². The highest BCUT2D eigenvalue weighted by atomic mass is 35.5. The zero-order valence-corrected chi connectivity index (χ0v) is 14.6. The van der Waals surface area contributed by atoms with Gasteiger partial charge in [0.15, 0.2) is 6.10 Å². The van der Waals surface area contributed by atoms with E-state index in [1.807, 2.05) is 54.3 Å². The third-order valence-corrected chi connectivity index (χ3v) is 4.05. The summed E-state index contributed by atoms with van der Waals surface area (Å²) < 4.78 is 5.81. The van der Waals surface area contributed by atoms with Crippen molar-refractivity contribution >= 4 is 18.3 Å². The molecule has 4 nitrogen and oxygen atoms in total. The molecule has 1 heterocycles. The van der Waals surface area contributed by atoms with E-state index in [-0.39, 0.29) is 18.3 Å². The molecule has 0 aliphatic carbocycles. The van der Waals surface area contributed by atoms with E-state index in [9.17, 15) is 4.79 Å². The summed E-state index contributed by atoms with van der Waals surface area (Å²) in [6.45, 7) is 5.02. The number of hydrogen-bond donors (Lipinski definition) is 1. The van der Waals surface area contributed by atoms with Gasteiger partial charge in [-0.05, 0) is 30.2 Å². The molecular weight excluding hydrogens is 324 g/mol. The maximum absolute atomic E-state index is 12.4. The third kappa shape index (κ3) is 4.49. The van der Waals surface area contributed by atoms with Gasteiger partial charge >= 0.3 is 0 Å². The van der Waals surface area contributed by atoms with E-state index in [1.54, 1.807) is 0 Å². The summed E-state index contributed by atoms with van der Waals surface area (Å²) in [6, 6.07) is 18.1. The van der Waals surface area contributed by atoms with Crippen molar-refractivity contribution in [2.45, 2.75) is 13.0 Å². The average Bonchev–Trinajstić information content (AvgIpc) is 2.63. The van der Waals surface area contributed by atoms with Crippen LogP contribution >= 0.6 is 12.4 Å². The van der Waals surface area contributed by atoms with E-state index in [0.717, 1.165) is 37.5 Å². The monoisotopic (exact) mass is 346 g/mol. The molecule has 24 heavy (non-hydrogen) atoms. The molecule has 0 aromatic heterocycles. The summed E-state index contributed by atoms with van der Waals surface area (Å²) in [4.78, 5) is 14.2. The molecule has 1 atom stereocenters. The van der Waals surface area contributed by atoms with Crippen LogP contribution in [-0.2, 0) is 4.79 Å². The van der Waals surface area contributed by atoms with E-state index >= 15 is 0 Å². The Hall–Kier alpha value is -2.04. The first-order valence-electron chi connectivity index (χ1n) is 8.06. The maximum Gasteiger partial charge on any atom is 0.263 e. The topological polar surface area (TPSA) is 41.6 Å². The largest absolute Gasteiger partial charge is 0.481 e. The van der Waals surface area contributed by atoms with Crippen LogP contribution in [0.4, 0.5) is 0 Å². The highest BCUT2D eigenvalue weighted by molar-refractivity contribution is 5.85. The van der Waals surface area contributed by atoms with Crippen LogP contribution in [0.2, 0.25) is 0 Å². The summed E-state index contributed by atoms with van der Waals surface area (Å²) in [7, 11) is 0. The minimum absolute atomic E-state index is 0. The number of halogens is 1. The van der Waals surface area contributed by atoms with E-state index < -0.39 is 6.10 Å². The number of hydrogen-bond acceptors (Lipinski definition) is 3. The first-order valence-corrected chi connectivity index (χ1v) is 8.06. The SMILES string of the molecule is CC(Oc1ccc(-c2ccccc2)cc1)C(=O)N1CCNCC1.Cl. The van der Waals surface area contributed by atoms with Gasteiger partial charge in [0.1, 0.15) is 5.75 Å². The van der Waals surface area contributed by atoms with Gasteiger partial charge in [0, 0.05) is 26.2 Å². The van der Waals surface area contributed by atoms with E-state index in [1.165, 1.54) is 5.56 Å². The number of ether oxygens (including phenoxy) is 1. The fourth-order valence-corrected chi connectivity index (χ4v) is 2.75. The van der Waals surface area contributed by atoms with E-state index in [0.29, 0.717) is 0 Å². The summed E-state index contributed by atoms with van der Waals surface area (Å²) in [5, 5.41) is 3.25. The molecule has 0 radical (unpaired) electrons. The molecule has 2 aromatic rings. The Morgan fingerprint density at radius 2 is 1.58 bits per heavy atom. The Kier molecular flexibility index (Phi) is 6.64. The van der Waals surface area contributed by atoms with Crippen molar-refractivity contribution in [1.82, 2.24) is 10.2 Å². The minimum Gasteiger partial charge on any atom is -0.481 e. The second-order valence-corrected chi connectivity index (χ2v) is 5.73. The highest BCUT2D eigenvalue weighted by Crippen LogP contribution is 2.22. The van der Waals surface area contributed by atoms with E-state index in [2.05, 4.69) is 17.4 Å². The molecule has 5 heteroatoms. The second kappa shape index (κ2) is 8.71. The van der Waals surface area contributed by atoms with Crippen molar-refractivity contribution in [3.63, 3.8) is 0 Å². The lowest BCUT2D eigenvalue weighted by Gasteiger charge is -2.29. The smallest absolute Gasteiger partial charge is 0.263 e. The van der Waals surface area contributed by atoms with Gasteiger partial charge in [-0.3, -0.25) is 4.79 Å². The van der Waals surface area contributed by atoms with Crippen LogP contribution in [0.1, 0.15) is 6.92 Å². The fourth-order valence-electron chi connectivity index (χ4n) is 2.75. The van der Waals surface area contributed by atoms with Gasteiger partial charge in [-0.15, -0.1) is 12.4 Å². The van der Waals surface area contributed by atoms with Crippen LogP contribution in [0.15, 0.2) is 54.6 Å². The number of carbonyl (C=O) groups excluding carboxylic acids is 1. The van der Waals surface area contributed by atoms with Gasteiger partial charge in [-0.2, -0.15) is 0 Å². The third-order valence-electron chi connectivity index (χ3n) is 4.05. The van der Waals surface area contributed by atoms with Crippen LogP contribution in [0.25, 0.3) is 11.1 Å². The van der Waals surface area contributed by atoms with Crippen LogP contribution in [0, 0.1) is 0 Å². The van der Waals surface area contributed by atoms with Gasteiger partial charge in [0.25, 0.3) is 5.91 Å².